The van der Waals surface area contributed by atoms with Gasteiger partial charge in [0.05, 0.1) is 0 Å². The highest BCUT2D eigenvalue weighted by atomic mass is 19.1. The van der Waals surface area contributed by atoms with Crippen molar-refractivity contribution in [2.24, 2.45) is 5.73 Å². The van der Waals surface area contributed by atoms with E-state index in [-0.39, 0.29) is 11.9 Å². The Morgan fingerprint density at radius 3 is 2.60 bits per heavy atom. The fraction of sp³-hybridized carbons (Fsp3) is 0.286. The number of aromatic nitrogens is 2. The average Bonchev–Trinajstić information content (AvgIpc) is 2.40. The van der Waals surface area contributed by atoms with Crippen LogP contribution in [0.15, 0.2) is 30.3 Å². The molecule has 0 radical (unpaired) electrons. The normalized spacial score (nSPS) is 12.0. The van der Waals surface area contributed by atoms with Crippen LogP contribution in [0.4, 0.5) is 21.8 Å². The van der Waals surface area contributed by atoms with Gasteiger partial charge in [-0.15, -0.1) is 0 Å². The number of benzene rings is 1. The summed E-state index contributed by atoms with van der Waals surface area (Å²) in [7, 11) is 0. The SMILES string of the molecule is Cc1cc(Nc2ccc(F)cc2)nc(NC(C)CN)n1. The molecule has 6 heteroatoms. The summed E-state index contributed by atoms with van der Waals surface area (Å²) in [6.45, 7) is 4.34. The van der Waals surface area contributed by atoms with Gasteiger partial charge in [-0.1, -0.05) is 0 Å². The molecule has 1 heterocycles. The Kier molecular flexibility index (Phi) is 4.47. The molecule has 0 aliphatic rings. The van der Waals surface area contributed by atoms with Crippen molar-refractivity contribution in [2.45, 2.75) is 19.9 Å². The minimum atomic E-state index is -0.270. The Bertz CT molecular complexity index is 570. The van der Waals surface area contributed by atoms with Crippen LogP contribution in [0.2, 0.25) is 0 Å². The maximum Gasteiger partial charge on any atom is 0.225 e. The summed E-state index contributed by atoms with van der Waals surface area (Å²) in [5.74, 6) is 0.900. The van der Waals surface area contributed by atoms with E-state index in [0.717, 1.165) is 11.4 Å². The maximum absolute atomic E-state index is 12.9. The van der Waals surface area contributed by atoms with Gasteiger partial charge < -0.3 is 16.4 Å². The van der Waals surface area contributed by atoms with Crippen molar-refractivity contribution in [3.63, 3.8) is 0 Å². The number of halogens is 1. The Morgan fingerprint density at radius 1 is 1.25 bits per heavy atom. The van der Waals surface area contributed by atoms with Gasteiger partial charge >= 0.3 is 0 Å². The van der Waals surface area contributed by atoms with Crippen molar-refractivity contribution in [1.29, 1.82) is 0 Å². The third-order valence-corrected chi connectivity index (χ3v) is 2.70. The first-order chi connectivity index (χ1) is 9.56. The van der Waals surface area contributed by atoms with Crippen molar-refractivity contribution < 1.29 is 4.39 Å². The third kappa shape index (κ3) is 3.89. The molecular weight excluding hydrogens is 257 g/mol. The van der Waals surface area contributed by atoms with Gasteiger partial charge in [0.25, 0.3) is 0 Å². The third-order valence-electron chi connectivity index (χ3n) is 2.70. The van der Waals surface area contributed by atoms with E-state index in [9.17, 15) is 4.39 Å². The second-order valence-electron chi connectivity index (χ2n) is 4.63. The number of nitrogens with one attached hydrogen (secondary N) is 2. The average molecular weight is 275 g/mol. The van der Waals surface area contributed by atoms with Crippen molar-refractivity contribution in [1.82, 2.24) is 9.97 Å². The largest absolute Gasteiger partial charge is 0.350 e. The summed E-state index contributed by atoms with van der Waals surface area (Å²) in [6.07, 6.45) is 0. The van der Waals surface area contributed by atoms with Gasteiger partial charge in [0.2, 0.25) is 5.95 Å². The molecule has 2 rings (SSSR count). The number of hydrogen-bond donors (Lipinski definition) is 3. The first-order valence-corrected chi connectivity index (χ1v) is 6.41. The van der Waals surface area contributed by atoms with Crippen molar-refractivity contribution in [3.8, 4) is 0 Å². The zero-order valence-corrected chi connectivity index (χ0v) is 11.5. The van der Waals surface area contributed by atoms with Gasteiger partial charge in [0.1, 0.15) is 11.6 Å². The molecule has 1 atom stereocenters. The molecule has 4 N–H and O–H groups in total. The molecule has 0 aliphatic heterocycles. The maximum atomic E-state index is 12.9. The smallest absolute Gasteiger partial charge is 0.225 e. The highest BCUT2D eigenvalue weighted by molar-refractivity contribution is 5.57. The molecule has 0 fully saturated rings. The minimum absolute atomic E-state index is 0.0930. The van der Waals surface area contributed by atoms with Crippen LogP contribution in [0.25, 0.3) is 0 Å². The summed E-state index contributed by atoms with van der Waals surface area (Å²) < 4.78 is 12.9. The summed E-state index contributed by atoms with van der Waals surface area (Å²) >= 11 is 0. The van der Waals surface area contributed by atoms with Crippen LogP contribution in [0.1, 0.15) is 12.6 Å². The molecule has 106 valence electrons. The molecule has 20 heavy (non-hydrogen) atoms. The first kappa shape index (κ1) is 14.2. The number of hydrogen-bond acceptors (Lipinski definition) is 5. The van der Waals surface area contributed by atoms with Gasteiger partial charge in [0, 0.05) is 30.0 Å². The lowest BCUT2D eigenvalue weighted by molar-refractivity contribution is 0.628. The van der Waals surface area contributed by atoms with Crippen LogP contribution in [0, 0.1) is 12.7 Å². The zero-order valence-electron chi connectivity index (χ0n) is 11.5. The van der Waals surface area contributed by atoms with E-state index in [0.29, 0.717) is 18.3 Å². The van der Waals surface area contributed by atoms with Crippen LogP contribution >= 0.6 is 0 Å². The van der Waals surface area contributed by atoms with Gasteiger partial charge in [-0.05, 0) is 38.1 Å². The molecule has 1 unspecified atom stereocenters. The van der Waals surface area contributed by atoms with E-state index in [1.807, 2.05) is 19.9 Å². The Morgan fingerprint density at radius 2 is 1.95 bits per heavy atom. The molecule has 0 bridgehead atoms. The lowest BCUT2D eigenvalue weighted by Gasteiger charge is -2.13. The van der Waals surface area contributed by atoms with E-state index in [1.54, 1.807) is 12.1 Å². The predicted octanol–water partition coefficient (Wildman–Crippen LogP) is 2.43. The van der Waals surface area contributed by atoms with Crippen LogP contribution in [0.5, 0.6) is 0 Å². The standard InChI is InChI=1S/C14H18FN5/c1-9-7-13(19-12-5-3-11(15)4-6-12)20-14(17-9)18-10(2)8-16/h3-7,10H,8,16H2,1-2H3,(H2,17,18,19,20). The number of anilines is 3. The summed E-state index contributed by atoms with van der Waals surface area (Å²) in [5.41, 5.74) is 7.16. The molecule has 5 nitrogen and oxygen atoms in total. The lowest BCUT2D eigenvalue weighted by Crippen LogP contribution is -2.26. The summed E-state index contributed by atoms with van der Waals surface area (Å²) in [4.78, 5) is 8.66. The van der Waals surface area contributed by atoms with Crippen molar-refractivity contribution in [2.75, 3.05) is 17.2 Å². The monoisotopic (exact) mass is 275 g/mol. The van der Waals surface area contributed by atoms with Gasteiger partial charge in [-0.2, -0.15) is 4.98 Å². The van der Waals surface area contributed by atoms with Gasteiger partial charge in [0.15, 0.2) is 0 Å². The van der Waals surface area contributed by atoms with Crippen molar-refractivity contribution in [3.05, 3.63) is 41.8 Å². The first-order valence-electron chi connectivity index (χ1n) is 6.41. The van der Waals surface area contributed by atoms with Crippen LogP contribution < -0.4 is 16.4 Å². The topological polar surface area (TPSA) is 75.9 Å². The van der Waals surface area contributed by atoms with Crippen LogP contribution in [-0.4, -0.2) is 22.6 Å². The summed E-state index contributed by atoms with van der Waals surface area (Å²) in [5, 5.41) is 6.24. The second kappa shape index (κ2) is 6.29. The number of nitrogens with two attached hydrogens (primary N) is 1. The molecule has 2 aromatic rings. The fourth-order valence-electron chi connectivity index (χ4n) is 1.66. The Hall–Kier alpha value is -2.21. The predicted molar refractivity (Wildman–Crippen MR) is 78.6 cm³/mol. The van der Waals surface area contributed by atoms with E-state index < -0.39 is 0 Å². The Balaban J connectivity index is 2.17. The number of rotatable bonds is 5. The number of aryl methyl sites for hydroxylation is 1. The molecule has 0 spiro atoms. The molecule has 0 amide bonds. The summed E-state index contributed by atoms with van der Waals surface area (Å²) in [6, 6.07) is 8.01. The quantitative estimate of drug-likeness (QED) is 0.781. The van der Waals surface area contributed by atoms with E-state index in [1.165, 1.54) is 12.1 Å². The fourth-order valence-corrected chi connectivity index (χ4v) is 1.66. The van der Waals surface area contributed by atoms with E-state index >= 15 is 0 Å². The molecule has 0 saturated heterocycles. The van der Waals surface area contributed by atoms with Crippen LogP contribution in [0.3, 0.4) is 0 Å². The zero-order chi connectivity index (χ0) is 14.5. The molecule has 1 aromatic heterocycles. The molecule has 0 aliphatic carbocycles. The van der Waals surface area contributed by atoms with Gasteiger partial charge in [-0.3, -0.25) is 0 Å². The van der Waals surface area contributed by atoms with Gasteiger partial charge in [-0.25, -0.2) is 9.37 Å². The highest BCUT2D eigenvalue weighted by Crippen LogP contribution is 2.17. The van der Waals surface area contributed by atoms with E-state index in [2.05, 4.69) is 20.6 Å². The molecule has 0 saturated carbocycles. The molecular formula is C14H18FN5. The Labute approximate surface area is 117 Å². The van der Waals surface area contributed by atoms with Crippen LogP contribution in [-0.2, 0) is 0 Å². The molecule has 1 aromatic carbocycles. The van der Waals surface area contributed by atoms with E-state index in [4.69, 9.17) is 5.73 Å². The minimum Gasteiger partial charge on any atom is -0.350 e. The second-order valence-corrected chi connectivity index (χ2v) is 4.63. The lowest BCUT2D eigenvalue weighted by atomic mass is 10.3. The highest BCUT2D eigenvalue weighted by Gasteiger charge is 2.05. The van der Waals surface area contributed by atoms with Crippen molar-refractivity contribution >= 4 is 17.5 Å². The number of nitrogens with zero attached hydrogens (tertiary/aromatic N) is 2.